The van der Waals surface area contributed by atoms with Gasteiger partial charge in [0, 0.05) is 31.2 Å². The molecule has 0 unspecified atom stereocenters. The molecule has 1 aromatic carbocycles. The van der Waals surface area contributed by atoms with Gasteiger partial charge in [0.15, 0.2) is 11.6 Å². The van der Waals surface area contributed by atoms with Gasteiger partial charge in [-0.1, -0.05) is 38.1 Å². The van der Waals surface area contributed by atoms with E-state index >= 15 is 0 Å². The van der Waals surface area contributed by atoms with Crippen LogP contribution in [0.2, 0.25) is 0 Å². The summed E-state index contributed by atoms with van der Waals surface area (Å²) in [7, 11) is -3.05. The van der Waals surface area contributed by atoms with Crippen LogP contribution in [0.1, 0.15) is 65.2 Å². The lowest BCUT2D eigenvalue weighted by Gasteiger charge is -2.28. The zero-order valence-corrected chi connectivity index (χ0v) is 17.4. The minimum atomic E-state index is -3.05. The van der Waals surface area contributed by atoms with Crippen molar-refractivity contribution in [3.8, 4) is 0 Å². The second-order valence-electron chi connectivity index (χ2n) is 8.46. The summed E-state index contributed by atoms with van der Waals surface area (Å²) in [6, 6.07) is 7.25. The molecule has 28 heavy (non-hydrogen) atoms. The Morgan fingerprint density at radius 1 is 1.18 bits per heavy atom. The molecule has 0 atom stereocenters. The topological polar surface area (TPSA) is 86.1 Å². The van der Waals surface area contributed by atoms with Crippen LogP contribution in [0, 0.1) is 5.41 Å². The molecule has 3 rings (SSSR count). The van der Waals surface area contributed by atoms with Crippen molar-refractivity contribution in [2.45, 2.75) is 46.1 Å². The molecule has 7 heteroatoms. The van der Waals surface area contributed by atoms with E-state index in [1.165, 1.54) is 6.26 Å². The molecule has 1 heterocycles. The number of hydrogen-bond acceptors (Lipinski definition) is 5. The van der Waals surface area contributed by atoms with Crippen molar-refractivity contribution in [2.75, 3.05) is 12.0 Å². The largest absolute Gasteiger partial charge is 0.323 e. The first-order chi connectivity index (χ1) is 13.0. The molecule has 6 nitrogen and oxygen atoms in total. The van der Waals surface area contributed by atoms with Gasteiger partial charge in [0.05, 0.1) is 17.8 Å². The zero-order valence-electron chi connectivity index (χ0n) is 16.6. The summed E-state index contributed by atoms with van der Waals surface area (Å²) in [5.41, 5.74) is 3.05. The van der Waals surface area contributed by atoms with Crippen molar-refractivity contribution in [3.05, 3.63) is 53.1 Å². The number of Topliss-reactive ketones (excluding diaryl/α,β-unsaturated/α-hetero) is 2. The van der Waals surface area contributed by atoms with Gasteiger partial charge in [0.1, 0.15) is 15.5 Å². The average Bonchev–Trinajstić information content (AvgIpc) is 2.95. The SMILES string of the molecule is CC1(C)CC(=O)c2c(ncn2Cc2ccc(C(=O)CCCS(C)(=O)=O)cc2)C1. The average molecular weight is 403 g/mol. The van der Waals surface area contributed by atoms with E-state index in [0.29, 0.717) is 30.6 Å². The lowest BCUT2D eigenvalue weighted by molar-refractivity contribution is 0.0900. The lowest BCUT2D eigenvalue weighted by atomic mass is 9.77. The van der Waals surface area contributed by atoms with Crippen molar-refractivity contribution in [1.82, 2.24) is 9.55 Å². The highest BCUT2D eigenvalue weighted by Gasteiger charge is 2.34. The number of fused-ring (bicyclic) bond motifs is 1. The van der Waals surface area contributed by atoms with Gasteiger partial charge in [0.25, 0.3) is 0 Å². The van der Waals surface area contributed by atoms with Gasteiger partial charge in [-0.2, -0.15) is 0 Å². The summed E-state index contributed by atoms with van der Waals surface area (Å²) in [6.45, 7) is 4.69. The van der Waals surface area contributed by atoms with E-state index in [2.05, 4.69) is 18.8 Å². The summed E-state index contributed by atoms with van der Waals surface area (Å²) >= 11 is 0. The highest BCUT2D eigenvalue weighted by atomic mass is 32.2. The summed E-state index contributed by atoms with van der Waals surface area (Å²) in [6.07, 6.45) is 4.75. The Bertz CT molecular complexity index is 1000. The maximum absolute atomic E-state index is 12.5. The van der Waals surface area contributed by atoms with Crippen LogP contribution in [0.3, 0.4) is 0 Å². The molecule has 1 aliphatic carbocycles. The van der Waals surface area contributed by atoms with Crippen LogP contribution in [-0.4, -0.2) is 41.5 Å². The van der Waals surface area contributed by atoms with Crippen molar-refractivity contribution >= 4 is 21.4 Å². The number of nitrogens with zero attached hydrogens (tertiary/aromatic N) is 2. The number of benzene rings is 1. The Balaban J connectivity index is 1.67. The van der Waals surface area contributed by atoms with Gasteiger partial charge in [0.2, 0.25) is 0 Å². The number of rotatable bonds is 7. The number of carbonyl (C=O) groups excluding carboxylic acids is 2. The maximum atomic E-state index is 12.5. The Morgan fingerprint density at radius 3 is 2.50 bits per heavy atom. The number of sulfone groups is 1. The third-order valence-electron chi connectivity index (χ3n) is 5.01. The number of imidazole rings is 1. The van der Waals surface area contributed by atoms with Crippen LogP contribution in [0.4, 0.5) is 0 Å². The second kappa shape index (κ2) is 7.62. The molecule has 0 aliphatic heterocycles. The Kier molecular flexibility index (Phi) is 5.57. The van der Waals surface area contributed by atoms with Gasteiger partial charge in [-0.05, 0) is 23.8 Å². The van der Waals surface area contributed by atoms with Gasteiger partial charge < -0.3 is 4.57 Å². The van der Waals surface area contributed by atoms with E-state index in [1.54, 1.807) is 18.5 Å². The Hall–Kier alpha value is -2.28. The molecule has 0 N–H and O–H groups in total. The third kappa shape index (κ3) is 4.95. The fourth-order valence-electron chi connectivity index (χ4n) is 3.66. The van der Waals surface area contributed by atoms with Gasteiger partial charge >= 0.3 is 0 Å². The van der Waals surface area contributed by atoms with Crippen LogP contribution in [0.25, 0.3) is 0 Å². The molecule has 2 aromatic rings. The number of hydrogen-bond donors (Lipinski definition) is 0. The molecule has 0 amide bonds. The van der Waals surface area contributed by atoms with E-state index in [1.807, 2.05) is 16.7 Å². The first-order valence-electron chi connectivity index (χ1n) is 9.41. The third-order valence-corrected chi connectivity index (χ3v) is 6.04. The van der Waals surface area contributed by atoms with Crippen molar-refractivity contribution in [1.29, 1.82) is 0 Å². The van der Waals surface area contributed by atoms with Crippen LogP contribution in [0.15, 0.2) is 30.6 Å². The second-order valence-corrected chi connectivity index (χ2v) is 10.7. The van der Waals surface area contributed by atoms with Gasteiger partial charge in [-0.25, -0.2) is 13.4 Å². The van der Waals surface area contributed by atoms with E-state index in [9.17, 15) is 18.0 Å². The molecular weight excluding hydrogens is 376 g/mol. The summed E-state index contributed by atoms with van der Waals surface area (Å²) in [5.74, 6) is 0.0852. The fraction of sp³-hybridized carbons (Fsp3) is 0.476. The van der Waals surface area contributed by atoms with Gasteiger partial charge in [-0.3, -0.25) is 9.59 Å². The molecule has 0 saturated carbocycles. The molecule has 0 bridgehead atoms. The normalized spacial score (nSPS) is 16.0. The van der Waals surface area contributed by atoms with E-state index in [4.69, 9.17) is 0 Å². The predicted octanol–water partition coefficient (Wildman–Crippen LogP) is 3.09. The van der Waals surface area contributed by atoms with E-state index in [-0.39, 0.29) is 29.2 Å². The zero-order chi connectivity index (χ0) is 20.5. The fourth-order valence-corrected chi connectivity index (χ4v) is 4.33. The quantitative estimate of drug-likeness (QED) is 0.664. The van der Waals surface area contributed by atoms with Crippen molar-refractivity contribution in [2.24, 2.45) is 5.41 Å². The van der Waals surface area contributed by atoms with Gasteiger partial charge in [-0.15, -0.1) is 0 Å². The number of ketones is 2. The van der Waals surface area contributed by atoms with Crippen LogP contribution in [-0.2, 0) is 22.8 Å². The highest BCUT2D eigenvalue weighted by molar-refractivity contribution is 7.90. The maximum Gasteiger partial charge on any atom is 0.181 e. The standard InChI is InChI=1S/C21H26N2O4S/c1-21(2)11-17-20(19(25)12-21)23(14-22-17)13-15-6-8-16(9-7-15)18(24)5-4-10-28(3,26)27/h6-9,14H,4-5,10-13H2,1-3H3. The smallest absolute Gasteiger partial charge is 0.181 e. The Labute approximate surface area is 165 Å². The molecule has 0 fully saturated rings. The highest BCUT2D eigenvalue weighted by Crippen LogP contribution is 2.34. The molecule has 1 aromatic heterocycles. The monoisotopic (exact) mass is 402 g/mol. The Morgan fingerprint density at radius 2 is 1.86 bits per heavy atom. The molecule has 0 saturated heterocycles. The lowest BCUT2D eigenvalue weighted by Crippen LogP contribution is -2.28. The van der Waals surface area contributed by atoms with Crippen LogP contribution < -0.4 is 0 Å². The molecule has 1 aliphatic rings. The summed E-state index contributed by atoms with van der Waals surface area (Å²) in [4.78, 5) is 29.2. The molecule has 150 valence electrons. The predicted molar refractivity (Wildman–Crippen MR) is 107 cm³/mol. The van der Waals surface area contributed by atoms with E-state index in [0.717, 1.165) is 17.7 Å². The first kappa shape index (κ1) is 20.5. The summed E-state index contributed by atoms with van der Waals surface area (Å²) < 4.78 is 24.2. The molecule has 0 radical (unpaired) electrons. The number of carbonyl (C=O) groups is 2. The summed E-state index contributed by atoms with van der Waals surface area (Å²) in [5, 5.41) is 0. The van der Waals surface area contributed by atoms with Crippen molar-refractivity contribution in [3.63, 3.8) is 0 Å². The number of aromatic nitrogens is 2. The van der Waals surface area contributed by atoms with Crippen LogP contribution in [0.5, 0.6) is 0 Å². The first-order valence-corrected chi connectivity index (χ1v) is 11.5. The minimum absolute atomic E-state index is 0.0212. The van der Waals surface area contributed by atoms with Crippen molar-refractivity contribution < 1.29 is 18.0 Å². The van der Waals surface area contributed by atoms with E-state index < -0.39 is 9.84 Å². The minimum Gasteiger partial charge on any atom is -0.323 e. The van der Waals surface area contributed by atoms with Crippen LogP contribution >= 0.6 is 0 Å². The molecule has 0 spiro atoms. The molecular formula is C21H26N2O4S.